The lowest BCUT2D eigenvalue weighted by Gasteiger charge is -2.33. The van der Waals surface area contributed by atoms with Crippen molar-refractivity contribution in [3.63, 3.8) is 0 Å². The van der Waals surface area contributed by atoms with E-state index in [1.807, 2.05) is 19.9 Å². The lowest BCUT2D eigenvalue weighted by Crippen LogP contribution is -2.52. The van der Waals surface area contributed by atoms with Crippen molar-refractivity contribution < 1.29 is 24.5 Å². The van der Waals surface area contributed by atoms with Gasteiger partial charge >= 0.3 is 0 Å². The van der Waals surface area contributed by atoms with Crippen molar-refractivity contribution in [1.82, 2.24) is 14.8 Å². The van der Waals surface area contributed by atoms with E-state index in [0.717, 1.165) is 11.6 Å². The minimum Gasteiger partial charge on any atom is -0.350 e. The summed E-state index contributed by atoms with van der Waals surface area (Å²) in [6.45, 7) is 3.73. The number of halogens is 2. The van der Waals surface area contributed by atoms with Crippen LogP contribution in [-0.4, -0.2) is 58.2 Å². The highest BCUT2D eigenvalue weighted by atomic mass is 19.1. The normalized spacial score (nSPS) is 21.4. The summed E-state index contributed by atoms with van der Waals surface area (Å²) in [6.07, 6.45) is 0.357. The van der Waals surface area contributed by atoms with Gasteiger partial charge in [0.1, 0.15) is 29.4 Å². The van der Waals surface area contributed by atoms with E-state index in [9.17, 15) is 28.4 Å². The summed E-state index contributed by atoms with van der Waals surface area (Å²) in [5.41, 5.74) is -0.0353. The summed E-state index contributed by atoms with van der Waals surface area (Å²) >= 11 is 0. The molecule has 3 amide bonds. The smallest absolute Gasteiger partial charge is 0.270 e. The van der Waals surface area contributed by atoms with E-state index in [0.29, 0.717) is 11.8 Å². The average molecular weight is 521 g/mol. The van der Waals surface area contributed by atoms with Gasteiger partial charge in [-0.1, -0.05) is 32.0 Å². The first-order valence-electron chi connectivity index (χ1n) is 12.8. The molecule has 1 fully saturated rings. The van der Waals surface area contributed by atoms with E-state index >= 15 is 0 Å². The van der Waals surface area contributed by atoms with Crippen LogP contribution in [0.15, 0.2) is 42.4 Å². The number of H-pyrrole nitrogens is 1. The number of hydrogen-bond donors (Lipinski definition) is 2. The number of nitrogens with one attached hydrogen (secondary N) is 2. The Morgan fingerprint density at radius 1 is 1.32 bits per heavy atom. The number of anilines is 1. The molecule has 3 atom stereocenters. The van der Waals surface area contributed by atoms with E-state index in [1.165, 1.54) is 16.8 Å². The van der Waals surface area contributed by atoms with Crippen LogP contribution in [0.4, 0.5) is 14.5 Å². The number of nitriles is 1. The van der Waals surface area contributed by atoms with Crippen LogP contribution < -0.4 is 5.32 Å². The molecule has 1 saturated heterocycles. The van der Waals surface area contributed by atoms with Crippen LogP contribution in [0, 0.1) is 28.9 Å². The molecule has 2 aliphatic rings. The number of amides is 3. The SMILES string of the molecule is [2H]c1c(C(=O)N(C)[C@@H](CC(C)C)C(=O)N2C[C@]3(C[C@H]2C#N)C(=O)Nc2ccccc23)[nH]c2cc(F)cc(F)c12. The number of rotatable bonds is 5. The van der Waals surface area contributed by atoms with E-state index in [1.54, 1.807) is 18.2 Å². The highest BCUT2D eigenvalue weighted by Crippen LogP contribution is 2.46. The Hall–Kier alpha value is -4.26. The zero-order chi connectivity index (χ0) is 28.2. The molecule has 0 unspecified atom stereocenters. The lowest BCUT2D eigenvalue weighted by molar-refractivity contribution is -0.136. The van der Waals surface area contributed by atoms with Crippen LogP contribution in [0.5, 0.6) is 0 Å². The van der Waals surface area contributed by atoms with E-state index in [4.69, 9.17) is 1.37 Å². The molecule has 3 heterocycles. The van der Waals surface area contributed by atoms with Crippen molar-refractivity contribution in [3.8, 4) is 6.07 Å². The van der Waals surface area contributed by atoms with Crippen LogP contribution >= 0.6 is 0 Å². The van der Waals surface area contributed by atoms with Gasteiger partial charge in [-0.2, -0.15) is 5.26 Å². The fourth-order valence-electron chi connectivity index (χ4n) is 5.56. The maximum absolute atomic E-state index is 14.4. The molecule has 0 saturated carbocycles. The van der Waals surface area contributed by atoms with Gasteiger partial charge in [0.2, 0.25) is 11.8 Å². The van der Waals surface area contributed by atoms with Gasteiger partial charge in [-0.3, -0.25) is 14.4 Å². The van der Waals surface area contributed by atoms with Gasteiger partial charge in [0.05, 0.1) is 18.4 Å². The first kappa shape index (κ1) is 24.1. The molecule has 0 radical (unpaired) electrons. The first-order chi connectivity index (χ1) is 18.5. The molecule has 0 bridgehead atoms. The van der Waals surface area contributed by atoms with Crippen LogP contribution in [0.1, 0.15) is 44.1 Å². The fourth-order valence-corrected chi connectivity index (χ4v) is 5.56. The highest BCUT2D eigenvalue weighted by Gasteiger charge is 2.56. The van der Waals surface area contributed by atoms with Crippen LogP contribution in [0.25, 0.3) is 10.9 Å². The molecule has 1 aromatic heterocycles. The van der Waals surface area contributed by atoms with Crippen molar-refractivity contribution in [2.45, 2.75) is 44.2 Å². The number of likely N-dealkylation sites (tertiary alicyclic amines) is 1. The lowest BCUT2D eigenvalue weighted by atomic mass is 9.80. The molecule has 2 N–H and O–H groups in total. The molecule has 2 aliphatic heterocycles. The Morgan fingerprint density at radius 3 is 2.76 bits per heavy atom. The number of para-hydroxylation sites is 1. The second kappa shape index (κ2) is 9.24. The monoisotopic (exact) mass is 520 g/mol. The van der Waals surface area contributed by atoms with Crippen LogP contribution in [0.3, 0.4) is 0 Å². The second-order valence-corrected chi connectivity index (χ2v) is 10.4. The Labute approximate surface area is 219 Å². The zero-order valence-electron chi connectivity index (χ0n) is 22.1. The molecule has 10 heteroatoms. The summed E-state index contributed by atoms with van der Waals surface area (Å²) in [6, 6.07) is 8.59. The van der Waals surface area contributed by atoms with E-state index in [-0.39, 0.29) is 47.8 Å². The molecule has 5 rings (SSSR count). The molecule has 38 heavy (non-hydrogen) atoms. The highest BCUT2D eigenvalue weighted by molar-refractivity contribution is 6.07. The van der Waals surface area contributed by atoms with Gasteiger partial charge in [0, 0.05) is 37.2 Å². The summed E-state index contributed by atoms with van der Waals surface area (Å²) < 4.78 is 36.5. The number of carbonyl (C=O) groups is 3. The van der Waals surface area contributed by atoms with Crippen molar-refractivity contribution in [2.24, 2.45) is 5.92 Å². The maximum atomic E-state index is 14.4. The summed E-state index contributed by atoms with van der Waals surface area (Å²) in [4.78, 5) is 45.9. The number of likely N-dealkylation sites (N-methyl/N-ethyl adjacent to an activating group) is 1. The molecular formula is C28H27F2N5O3. The number of benzene rings is 2. The van der Waals surface area contributed by atoms with Gasteiger partial charge in [0.15, 0.2) is 0 Å². The van der Waals surface area contributed by atoms with E-state index in [2.05, 4.69) is 16.4 Å². The van der Waals surface area contributed by atoms with Crippen LogP contribution in [0.2, 0.25) is 0 Å². The minimum absolute atomic E-state index is 0.0237. The maximum Gasteiger partial charge on any atom is 0.270 e. The number of aromatic nitrogens is 1. The number of nitrogens with zero attached hydrogens (tertiary/aromatic N) is 3. The molecule has 196 valence electrons. The first-order valence-corrected chi connectivity index (χ1v) is 12.3. The second-order valence-electron chi connectivity index (χ2n) is 10.4. The quantitative estimate of drug-likeness (QED) is 0.531. The average Bonchev–Trinajstić information content (AvgIpc) is 3.53. The molecular weight excluding hydrogens is 492 g/mol. The topological polar surface area (TPSA) is 109 Å². The molecule has 1 spiro atoms. The zero-order valence-corrected chi connectivity index (χ0v) is 21.1. The Balaban J connectivity index is 1.49. The summed E-state index contributed by atoms with van der Waals surface area (Å²) in [5.74, 6) is -3.40. The molecule has 3 aromatic rings. The van der Waals surface area contributed by atoms with Gasteiger partial charge < -0.3 is 20.1 Å². The van der Waals surface area contributed by atoms with E-state index < -0.39 is 47.0 Å². The van der Waals surface area contributed by atoms with Crippen molar-refractivity contribution in [1.29, 1.82) is 5.26 Å². The van der Waals surface area contributed by atoms with Crippen LogP contribution in [-0.2, 0) is 15.0 Å². The van der Waals surface area contributed by atoms with Gasteiger partial charge in [0.25, 0.3) is 5.91 Å². The van der Waals surface area contributed by atoms with Gasteiger partial charge in [-0.15, -0.1) is 0 Å². The molecule has 8 nitrogen and oxygen atoms in total. The predicted molar refractivity (Wildman–Crippen MR) is 136 cm³/mol. The third-order valence-corrected chi connectivity index (χ3v) is 7.46. The summed E-state index contributed by atoms with van der Waals surface area (Å²) in [7, 11) is 1.40. The van der Waals surface area contributed by atoms with Gasteiger partial charge in [-0.05, 0) is 36.1 Å². The standard InChI is InChI=1S/C28H27F2N5O3/c1-15(2)8-24(34(3)25(36)23-11-18-20(30)9-16(29)10-22(18)32-23)26(37)35-14-28(12-17(35)13-31)19-6-4-5-7-21(19)33-27(28)38/h4-7,9-11,15,17,24,32H,8,12,14H2,1-3H3,(H,33,38)/t17-,24-,28-/m0/s1/i11D. The Morgan fingerprint density at radius 2 is 2.05 bits per heavy atom. The molecule has 0 aliphatic carbocycles. The predicted octanol–water partition coefficient (Wildman–Crippen LogP) is 3.95. The number of hydrogen-bond acceptors (Lipinski definition) is 4. The van der Waals surface area contributed by atoms with Crippen molar-refractivity contribution in [3.05, 3.63) is 65.3 Å². The Kier molecular flexibility index (Phi) is 5.86. The summed E-state index contributed by atoms with van der Waals surface area (Å²) in [5, 5.41) is 12.6. The van der Waals surface area contributed by atoms with Crippen molar-refractivity contribution in [2.75, 3.05) is 18.9 Å². The third-order valence-electron chi connectivity index (χ3n) is 7.46. The van der Waals surface area contributed by atoms with Crippen molar-refractivity contribution >= 4 is 34.3 Å². The largest absolute Gasteiger partial charge is 0.350 e. The fraction of sp³-hybridized carbons (Fsp3) is 0.357. The number of aromatic amines is 1. The molecule has 2 aromatic carbocycles. The third kappa shape index (κ3) is 3.99. The van der Waals surface area contributed by atoms with Gasteiger partial charge in [-0.25, -0.2) is 8.78 Å². The Bertz CT molecular complexity index is 1560. The minimum atomic E-state index is -1.08. The number of carbonyl (C=O) groups excluding carboxylic acids is 3. The number of fused-ring (bicyclic) bond motifs is 3.